The molecule has 1 atom stereocenters. The molecule has 0 aliphatic carbocycles. The van der Waals surface area contributed by atoms with Gasteiger partial charge in [0.15, 0.2) is 0 Å². The standard InChI is InChI=1S/C20H19FN2O3/c21-18-6-2-1-5-17(18)14-7-8-22(11-14)20(25)15-10-19(24)23(12-15)13-16-4-3-9-26-16/h1-7,9,15H,8,10-13H2. The van der Waals surface area contributed by atoms with Crippen LogP contribution >= 0.6 is 0 Å². The Morgan fingerprint density at radius 1 is 1.23 bits per heavy atom. The molecule has 0 bridgehead atoms. The Bertz CT molecular complexity index is 860. The number of likely N-dealkylation sites (tertiary alicyclic amines) is 1. The van der Waals surface area contributed by atoms with E-state index in [2.05, 4.69) is 0 Å². The summed E-state index contributed by atoms with van der Waals surface area (Å²) < 4.78 is 19.2. The maximum atomic E-state index is 13.9. The molecule has 0 radical (unpaired) electrons. The highest BCUT2D eigenvalue weighted by molar-refractivity contribution is 5.91. The van der Waals surface area contributed by atoms with Gasteiger partial charge in [0.25, 0.3) is 0 Å². The van der Waals surface area contributed by atoms with E-state index < -0.39 is 0 Å². The number of hydrogen-bond acceptors (Lipinski definition) is 3. The Labute approximate surface area is 150 Å². The maximum Gasteiger partial charge on any atom is 0.228 e. The van der Waals surface area contributed by atoms with Gasteiger partial charge in [-0.3, -0.25) is 9.59 Å². The molecule has 1 fully saturated rings. The lowest BCUT2D eigenvalue weighted by Crippen LogP contribution is -2.36. The SMILES string of the molecule is O=C1CC(C(=O)N2CC=C(c3ccccc3F)C2)CN1Cc1ccco1. The van der Waals surface area contributed by atoms with Gasteiger partial charge in [0, 0.05) is 31.6 Å². The zero-order valence-corrected chi connectivity index (χ0v) is 14.2. The summed E-state index contributed by atoms with van der Waals surface area (Å²) in [5, 5.41) is 0. The first-order valence-corrected chi connectivity index (χ1v) is 8.64. The van der Waals surface area contributed by atoms with Crippen molar-refractivity contribution in [3.05, 3.63) is 65.9 Å². The summed E-state index contributed by atoms with van der Waals surface area (Å²) in [6.45, 7) is 1.60. The maximum absolute atomic E-state index is 13.9. The van der Waals surface area contributed by atoms with Crippen molar-refractivity contribution in [2.75, 3.05) is 19.6 Å². The van der Waals surface area contributed by atoms with Crippen molar-refractivity contribution in [3.8, 4) is 0 Å². The van der Waals surface area contributed by atoms with Gasteiger partial charge < -0.3 is 14.2 Å². The van der Waals surface area contributed by atoms with Gasteiger partial charge in [0.1, 0.15) is 11.6 Å². The van der Waals surface area contributed by atoms with Crippen molar-refractivity contribution >= 4 is 17.4 Å². The fourth-order valence-corrected chi connectivity index (χ4v) is 3.58. The van der Waals surface area contributed by atoms with E-state index in [9.17, 15) is 14.0 Å². The first kappa shape index (κ1) is 16.6. The van der Waals surface area contributed by atoms with Crippen LogP contribution in [0.25, 0.3) is 5.57 Å². The zero-order valence-electron chi connectivity index (χ0n) is 14.2. The third-order valence-corrected chi connectivity index (χ3v) is 4.94. The number of furan rings is 1. The van der Waals surface area contributed by atoms with Crippen molar-refractivity contribution < 1.29 is 18.4 Å². The van der Waals surface area contributed by atoms with Crippen LogP contribution in [0.1, 0.15) is 17.7 Å². The van der Waals surface area contributed by atoms with Crippen LogP contribution in [0.5, 0.6) is 0 Å². The van der Waals surface area contributed by atoms with Gasteiger partial charge in [-0.1, -0.05) is 24.3 Å². The van der Waals surface area contributed by atoms with Crippen LogP contribution in [0.2, 0.25) is 0 Å². The van der Waals surface area contributed by atoms with E-state index in [4.69, 9.17) is 4.42 Å². The summed E-state index contributed by atoms with van der Waals surface area (Å²) in [5.74, 6) is -0.0280. The number of carbonyl (C=O) groups is 2. The minimum absolute atomic E-state index is 0.0405. The van der Waals surface area contributed by atoms with Gasteiger partial charge in [-0.15, -0.1) is 0 Å². The molecule has 2 amide bonds. The number of rotatable bonds is 4. The quantitative estimate of drug-likeness (QED) is 0.848. The molecule has 1 aromatic heterocycles. The molecule has 1 aromatic carbocycles. The van der Waals surface area contributed by atoms with Crippen molar-refractivity contribution in [2.24, 2.45) is 5.92 Å². The molecule has 5 nitrogen and oxygen atoms in total. The van der Waals surface area contributed by atoms with Crippen LogP contribution in [0.4, 0.5) is 4.39 Å². The minimum Gasteiger partial charge on any atom is -0.467 e. The topological polar surface area (TPSA) is 53.8 Å². The van der Waals surface area contributed by atoms with Crippen LogP contribution in [-0.4, -0.2) is 41.2 Å². The molecule has 0 N–H and O–H groups in total. The summed E-state index contributed by atoms with van der Waals surface area (Å²) >= 11 is 0. The van der Waals surface area contributed by atoms with E-state index in [1.54, 1.807) is 40.3 Å². The Kier molecular flexibility index (Phi) is 4.32. The first-order valence-electron chi connectivity index (χ1n) is 8.64. The fraction of sp³-hybridized carbons (Fsp3) is 0.300. The van der Waals surface area contributed by atoms with E-state index in [0.717, 1.165) is 5.57 Å². The predicted octanol–water partition coefficient (Wildman–Crippen LogP) is 2.69. The van der Waals surface area contributed by atoms with Gasteiger partial charge in [-0.2, -0.15) is 0 Å². The number of hydrogen-bond donors (Lipinski definition) is 0. The second-order valence-electron chi connectivity index (χ2n) is 6.68. The number of amides is 2. The molecule has 4 rings (SSSR count). The Balaban J connectivity index is 1.39. The Hall–Kier alpha value is -2.89. The average molecular weight is 354 g/mol. The van der Waals surface area contributed by atoms with Gasteiger partial charge in [0.05, 0.1) is 18.7 Å². The molecule has 0 spiro atoms. The van der Waals surface area contributed by atoms with E-state index >= 15 is 0 Å². The highest BCUT2D eigenvalue weighted by atomic mass is 19.1. The summed E-state index contributed by atoms with van der Waals surface area (Å²) in [7, 11) is 0. The van der Waals surface area contributed by atoms with Gasteiger partial charge >= 0.3 is 0 Å². The summed E-state index contributed by atoms with van der Waals surface area (Å²) in [4.78, 5) is 28.4. The highest BCUT2D eigenvalue weighted by Gasteiger charge is 2.37. The van der Waals surface area contributed by atoms with Crippen molar-refractivity contribution in [3.63, 3.8) is 0 Å². The van der Waals surface area contributed by atoms with Crippen LogP contribution in [0.15, 0.2) is 53.2 Å². The fourth-order valence-electron chi connectivity index (χ4n) is 3.58. The molecule has 1 saturated heterocycles. The zero-order chi connectivity index (χ0) is 18.1. The largest absolute Gasteiger partial charge is 0.467 e. The first-order chi connectivity index (χ1) is 12.6. The summed E-state index contributed by atoms with van der Waals surface area (Å²) in [6, 6.07) is 10.2. The van der Waals surface area contributed by atoms with E-state index in [1.807, 2.05) is 12.1 Å². The van der Waals surface area contributed by atoms with Crippen molar-refractivity contribution in [2.45, 2.75) is 13.0 Å². The predicted molar refractivity (Wildman–Crippen MR) is 93.2 cm³/mol. The Morgan fingerprint density at radius 3 is 2.85 bits per heavy atom. The summed E-state index contributed by atoms with van der Waals surface area (Å²) in [6.07, 6.45) is 3.66. The van der Waals surface area contributed by atoms with E-state index in [1.165, 1.54) is 6.07 Å². The summed E-state index contributed by atoms with van der Waals surface area (Å²) in [5.41, 5.74) is 1.35. The Morgan fingerprint density at radius 2 is 2.08 bits per heavy atom. The third kappa shape index (κ3) is 3.14. The molecule has 0 saturated carbocycles. The van der Waals surface area contributed by atoms with E-state index in [0.29, 0.717) is 37.5 Å². The molecule has 2 aromatic rings. The van der Waals surface area contributed by atoms with Crippen molar-refractivity contribution in [1.82, 2.24) is 9.80 Å². The van der Waals surface area contributed by atoms with Crippen LogP contribution in [0.3, 0.4) is 0 Å². The van der Waals surface area contributed by atoms with Gasteiger partial charge in [0.2, 0.25) is 11.8 Å². The molecule has 2 aliphatic heterocycles. The lowest BCUT2D eigenvalue weighted by Gasteiger charge is -2.21. The number of carbonyl (C=O) groups excluding carboxylic acids is 2. The second-order valence-corrected chi connectivity index (χ2v) is 6.68. The van der Waals surface area contributed by atoms with Crippen LogP contribution in [-0.2, 0) is 16.1 Å². The number of halogens is 1. The monoisotopic (exact) mass is 354 g/mol. The van der Waals surface area contributed by atoms with Crippen LogP contribution in [0, 0.1) is 11.7 Å². The average Bonchev–Trinajstić information content (AvgIpc) is 3.37. The molecule has 134 valence electrons. The molecule has 2 aliphatic rings. The smallest absolute Gasteiger partial charge is 0.228 e. The number of benzene rings is 1. The molecule has 26 heavy (non-hydrogen) atoms. The highest BCUT2D eigenvalue weighted by Crippen LogP contribution is 2.27. The molecule has 6 heteroatoms. The lowest BCUT2D eigenvalue weighted by atomic mass is 10.1. The minimum atomic E-state index is -0.356. The second kappa shape index (κ2) is 6.78. The van der Waals surface area contributed by atoms with E-state index in [-0.39, 0.29) is 30.0 Å². The lowest BCUT2D eigenvalue weighted by molar-refractivity contribution is -0.134. The molecular formula is C20H19FN2O3. The third-order valence-electron chi connectivity index (χ3n) is 4.94. The van der Waals surface area contributed by atoms with Crippen LogP contribution < -0.4 is 0 Å². The number of nitrogens with zero attached hydrogens (tertiary/aromatic N) is 2. The normalized spacial score (nSPS) is 20.0. The van der Waals surface area contributed by atoms with Gasteiger partial charge in [-0.05, 0) is 23.8 Å². The molecule has 1 unspecified atom stereocenters. The van der Waals surface area contributed by atoms with Crippen molar-refractivity contribution in [1.29, 1.82) is 0 Å². The molecule has 3 heterocycles. The van der Waals surface area contributed by atoms with Gasteiger partial charge in [-0.25, -0.2) is 4.39 Å². The molecular weight excluding hydrogens is 335 g/mol.